The molecule has 1 aliphatic rings. The lowest BCUT2D eigenvalue weighted by Gasteiger charge is -2.27. The standard InChI is InChI=1S/C12H18FN3O2S/c13-10-5-11(7-15-6-10)19(17,18)16-9-12(8-14)3-1-2-4-12/h5-7,16H,1-4,8-9,14H2. The Hall–Kier alpha value is -1.05. The lowest BCUT2D eigenvalue weighted by molar-refractivity contribution is 0.309. The maximum absolute atomic E-state index is 13.0. The van der Waals surface area contributed by atoms with Gasteiger partial charge in [-0.15, -0.1) is 0 Å². The number of aromatic nitrogens is 1. The molecule has 0 bridgehead atoms. The molecule has 1 aromatic rings. The van der Waals surface area contributed by atoms with E-state index in [1.54, 1.807) is 0 Å². The Balaban J connectivity index is 2.09. The zero-order chi connectivity index (χ0) is 13.9. The second-order valence-electron chi connectivity index (χ2n) is 5.07. The van der Waals surface area contributed by atoms with E-state index in [0.717, 1.165) is 44.1 Å². The minimum atomic E-state index is -3.73. The van der Waals surface area contributed by atoms with Crippen molar-refractivity contribution in [3.63, 3.8) is 0 Å². The van der Waals surface area contributed by atoms with Crippen LogP contribution in [0.25, 0.3) is 0 Å². The van der Waals surface area contributed by atoms with Crippen molar-refractivity contribution in [1.82, 2.24) is 9.71 Å². The molecule has 1 aliphatic carbocycles. The zero-order valence-electron chi connectivity index (χ0n) is 10.6. The monoisotopic (exact) mass is 287 g/mol. The summed E-state index contributed by atoms with van der Waals surface area (Å²) in [5.41, 5.74) is 5.59. The van der Waals surface area contributed by atoms with Gasteiger partial charge in [-0.05, 0) is 30.9 Å². The fourth-order valence-corrected chi connectivity index (χ4v) is 3.58. The van der Waals surface area contributed by atoms with Gasteiger partial charge in [0.2, 0.25) is 10.0 Å². The lowest BCUT2D eigenvalue weighted by atomic mass is 9.87. The van der Waals surface area contributed by atoms with Crippen LogP contribution in [0.2, 0.25) is 0 Å². The Morgan fingerprint density at radius 1 is 1.37 bits per heavy atom. The number of halogens is 1. The van der Waals surface area contributed by atoms with Crippen molar-refractivity contribution in [3.8, 4) is 0 Å². The van der Waals surface area contributed by atoms with Crippen LogP contribution in [-0.4, -0.2) is 26.5 Å². The van der Waals surface area contributed by atoms with E-state index in [0.29, 0.717) is 13.1 Å². The van der Waals surface area contributed by atoms with Gasteiger partial charge in [-0.1, -0.05) is 12.8 Å². The van der Waals surface area contributed by atoms with Gasteiger partial charge >= 0.3 is 0 Å². The Kier molecular flexibility index (Phi) is 4.17. The van der Waals surface area contributed by atoms with Gasteiger partial charge in [-0.3, -0.25) is 4.98 Å². The highest BCUT2D eigenvalue weighted by Crippen LogP contribution is 2.36. The normalized spacial score (nSPS) is 18.6. The van der Waals surface area contributed by atoms with Crippen LogP contribution in [0.1, 0.15) is 25.7 Å². The third-order valence-electron chi connectivity index (χ3n) is 3.72. The summed E-state index contributed by atoms with van der Waals surface area (Å²) in [7, 11) is -3.73. The smallest absolute Gasteiger partial charge is 0.242 e. The van der Waals surface area contributed by atoms with Crippen molar-refractivity contribution in [2.24, 2.45) is 11.1 Å². The molecule has 7 heteroatoms. The molecule has 1 aromatic heterocycles. The van der Waals surface area contributed by atoms with Gasteiger partial charge in [0.05, 0.1) is 6.20 Å². The van der Waals surface area contributed by atoms with Crippen LogP contribution in [0.4, 0.5) is 4.39 Å². The van der Waals surface area contributed by atoms with Crippen LogP contribution < -0.4 is 10.5 Å². The summed E-state index contributed by atoms with van der Waals surface area (Å²) in [6, 6.07) is 0.957. The van der Waals surface area contributed by atoms with Crippen LogP contribution in [0.5, 0.6) is 0 Å². The molecule has 19 heavy (non-hydrogen) atoms. The molecule has 1 fully saturated rings. The van der Waals surface area contributed by atoms with E-state index in [-0.39, 0.29) is 10.3 Å². The summed E-state index contributed by atoms with van der Waals surface area (Å²) in [5.74, 6) is -0.669. The third kappa shape index (κ3) is 3.29. The topological polar surface area (TPSA) is 85.1 Å². The van der Waals surface area contributed by atoms with E-state index in [4.69, 9.17) is 5.73 Å². The molecule has 2 rings (SSSR count). The predicted octanol–water partition coefficient (Wildman–Crippen LogP) is 1.02. The van der Waals surface area contributed by atoms with Crippen LogP contribution in [0.3, 0.4) is 0 Å². The second kappa shape index (κ2) is 5.52. The van der Waals surface area contributed by atoms with Gasteiger partial charge < -0.3 is 5.73 Å². The Morgan fingerprint density at radius 3 is 2.63 bits per heavy atom. The molecule has 1 saturated carbocycles. The first-order valence-electron chi connectivity index (χ1n) is 6.28. The van der Waals surface area contributed by atoms with Gasteiger partial charge in [0.15, 0.2) is 0 Å². The summed E-state index contributed by atoms with van der Waals surface area (Å²) in [6.07, 6.45) is 6.09. The Morgan fingerprint density at radius 2 is 2.05 bits per heavy atom. The average Bonchev–Trinajstić information content (AvgIpc) is 2.86. The number of hydrogen-bond donors (Lipinski definition) is 2. The van der Waals surface area contributed by atoms with Crippen LogP contribution in [0, 0.1) is 11.2 Å². The first kappa shape index (κ1) is 14.4. The minimum Gasteiger partial charge on any atom is -0.330 e. The Labute approximate surface area is 112 Å². The van der Waals surface area contributed by atoms with Crippen molar-refractivity contribution in [2.45, 2.75) is 30.6 Å². The molecule has 0 unspecified atom stereocenters. The average molecular weight is 287 g/mol. The molecule has 106 valence electrons. The molecule has 0 amide bonds. The number of hydrogen-bond acceptors (Lipinski definition) is 4. The van der Waals surface area contributed by atoms with E-state index >= 15 is 0 Å². The highest BCUT2D eigenvalue weighted by molar-refractivity contribution is 7.89. The van der Waals surface area contributed by atoms with Crippen LogP contribution in [-0.2, 0) is 10.0 Å². The van der Waals surface area contributed by atoms with Crippen molar-refractivity contribution < 1.29 is 12.8 Å². The molecule has 0 aliphatic heterocycles. The molecule has 3 N–H and O–H groups in total. The molecule has 1 heterocycles. The quantitative estimate of drug-likeness (QED) is 0.846. The lowest BCUT2D eigenvalue weighted by Crippen LogP contribution is -2.40. The Bertz CT molecular complexity index is 542. The highest BCUT2D eigenvalue weighted by atomic mass is 32.2. The van der Waals surface area contributed by atoms with Crippen molar-refractivity contribution in [3.05, 3.63) is 24.3 Å². The molecule has 0 saturated heterocycles. The number of rotatable bonds is 5. The van der Waals surface area contributed by atoms with Gasteiger partial charge in [0.25, 0.3) is 0 Å². The van der Waals surface area contributed by atoms with E-state index in [1.165, 1.54) is 0 Å². The molecular formula is C12H18FN3O2S. The third-order valence-corrected chi connectivity index (χ3v) is 5.09. The predicted molar refractivity (Wildman–Crippen MR) is 69.3 cm³/mol. The molecule has 0 spiro atoms. The first-order chi connectivity index (χ1) is 8.97. The SMILES string of the molecule is NCC1(CNS(=O)(=O)c2cncc(F)c2)CCCC1. The maximum atomic E-state index is 13.0. The fraction of sp³-hybridized carbons (Fsp3) is 0.583. The first-order valence-corrected chi connectivity index (χ1v) is 7.76. The van der Waals surface area contributed by atoms with E-state index in [1.807, 2.05) is 0 Å². The number of nitrogens with one attached hydrogen (secondary N) is 1. The summed E-state index contributed by atoms with van der Waals surface area (Å²) < 4.78 is 39.6. The van der Waals surface area contributed by atoms with Gasteiger partial charge in [-0.25, -0.2) is 17.5 Å². The summed E-state index contributed by atoms with van der Waals surface area (Å²) in [5, 5.41) is 0. The van der Waals surface area contributed by atoms with Crippen molar-refractivity contribution in [1.29, 1.82) is 0 Å². The van der Waals surface area contributed by atoms with E-state index < -0.39 is 15.8 Å². The molecular weight excluding hydrogens is 269 g/mol. The molecule has 0 aromatic carbocycles. The summed E-state index contributed by atoms with van der Waals surface area (Å²) >= 11 is 0. The van der Waals surface area contributed by atoms with E-state index in [2.05, 4.69) is 9.71 Å². The summed E-state index contributed by atoms with van der Waals surface area (Å²) in [4.78, 5) is 3.39. The number of pyridine rings is 1. The molecule has 0 radical (unpaired) electrons. The van der Waals surface area contributed by atoms with Gasteiger partial charge in [0.1, 0.15) is 10.7 Å². The van der Waals surface area contributed by atoms with E-state index in [9.17, 15) is 12.8 Å². The van der Waals surface area contributed by atoms with Crippen LogP contribution >= 0.6 is 0 Å². The second-order valence-corrected chi connectivity index (χ2v) is 6.84. The van der Waals surface area contributed by atoms with Gasteiger partial charge in [0, 0.05) is 12.7 Å². The minimum absolute atomic E-state index is 0.155. The fourth-order valence-electron chi connectivity index (χ4n) is 2.45. The molecule has 5 nitrogen and oxygen atoms in total. The highest BCUT2D eigenvalue weighted by Gasteiger charge is 2.33. The number of sulfonamides is 1. The maximum Gasteiger partial charge on any atom is 0.242 e. The van der Waals surface area contributed by atoms with Crippen molar-refractivity contribution in [2.75, 3.05) is 13.1 Å². The number of nitrogens with zero attached hydrogens (tertiary/aromatic N) is 1. The zero-order valence-corrected chi connectivity index (χ0v) is 11.4. The summed E-state index contributed by atoms with van der Waals surface area (Å²) in [6.45, 7) is 0.749. The molecule has 0 atom stereocenters. The number of nitrogens with two attached hydrogens (primary N) is 1. The largest absolute Gasteiger partial charge is 0.330 e. The van der Waals surface area contributed by atoms with Crippen molar-refractivity contribution >= 4 is 10.0 Å². The van der Waals surface area contributed by atoms with Gasteiger partial charge in [-0.2, -0.15) is 0 Å². The van der Waals surface area contributed by atoms with Crippen LogP contribution in [0.15, 0.2) is 23.4 Å².